The molecule has 0 atom stereocenters. The van der Waals surface area contributed by atoms with Crippen molar-refractivity contribution in [2.24, 2.45) is 0 Å². The predicted octanol–water partition coefficient (Wildman–Crippen LogP) is 0.957. The molecule has 19 heavy (non-hydrogen) atoms. The van der Waals surface area contributed by atoms with Crippen molar-refractivity contribution in [3.63, 3.8) is 0 Å². The fourth-order valence-electron chi connectivity index (χ4n) is 2.16. The van der Waals surface area contributed by atoms with Gasteiger partial charge in [-0.15, -0.1) is 0 Å². The molecule has 0 saturated heterocycles. The molecule has 0 fully saturated rings. The summed E-state index contributed by atoms with van der Waals surface area (Å²) >= 11 is 0. The van der Waals surface area contributed by atoms with Gasteiger partial charge >= 0.3 is 37.7 Å². The average Bonchev–Trinajstić information content (AvgIpc) is 2.39. The first-order chi connectivity index (χ1) is 8.61. The van der Waals surface area contributed by atoms with Crippen LogP contribution in [0, 0.1) is 0 Å². The van der Waals surface area contributed by atoms with E-state index in [1.807, 2.05) is 0 Å². The van der Waals surface area contributed by atoms with Crippen LogP contribution in [0.2, 0.25) is 0 Å². The third-order valence-corrected chi connectivity index (χ3v) is 3.04. The molecule has 0 unspecified atom stereocenters. The van der Waals surface area contributed by atoms with Crippen LogP contribution in [-0.2, 0) is 0 Å². The second-order valence-corrected chi connectivity index (χ2v) is 4.06. The van der Waals surface area contributed by atoms with E-state index in [1.165, 1.54) is 18.2 Å². The van der Waals surface area contributed by atoms with E-state index in [0.717, 1.165) is 0 Å². The molecule has 4 nitrogen and oxygen atoms in total. The van der Waals surface area contributed by atoms with E-state index in [1.54, 1.807) is 18.2 Å². The van der Waals surface area contributed by atoms with Crippen molar-refractivity contribution in [2.45, 2.75) is 0 Å². The Balaban J connectivity index is 0.00000133. The summed E-state index contributed by atoms with van der Waals surface area (Å²) in [7, 11) is 0. The molecule has 0 amide bonds. The fourth-order valence-corrected chi connectivity index (χ4v) is 2.16. The maximum absolute atomic E-state index is 12.2. The molecule has 2 N–H and O–H groups in total. The number of hydrogen-bond acceptors (Lipinski definition) is 4. The fraction of sp³-hybridized carbons (Fsp3) is 0. The Hall–Kier alpha value is -1.36. The van der Waals surface area contributed by atoms with Crippen LogP contribution >= 0.6 is 0 Å². The van der Waals surface area contributed by atoms with Crippen molar-refractivity contribution in [2.75, 3.05) is 0 Å². The third kappa shape index (κ3) is 1.96. The molecule has 0 spiro atoms. The predicted molar refractivity (Wildman–Crippen MR) is 71.6 cm³/mol. The van der Waals surface area contributed by atoms with Crippen LogP contribution in [0.4, 0.5) is 0 Å². The van der Waals surface area contributed by atoms with Crippen LogP contribution in [0.5, 0.6) is 11.5 Å². The van der Waals surface area contributed by atoms with Crippen molar-refractivity contribution in [3.8, 4) is 11.5 Å². The topological polar surface area (TPSA) is 74.6 Å². The summed E-state index contributed by atoms with van der Waals surface area (Å²) in [6.45, 7) is 0. The van der Waals surface area contributed by atoms with Gasteiger partial charge in [0.2, 0.25) is 0 Å². The number of aromatic hydroxyl groups is 2. The Kier molecular flexibility index (Phi) is 3.67. The van der Waals surface area contributed by atoms with Gasteiger partial charge in [-0.25, -0.2) is 0 Å². The second kappa shape index (κ2) is 4.96. The van der Waals surface area contributed by atoms with Gasteiger partial charge in [0.15, 0.2) is 23.1 Å². The van der Waals surface area contributed by atoms with E-state index in [4.69, 9.17) is 0 Å². The first-order valence-corrected chi connectivity index (χ1v) is 5.34. The molecule has 0 heterocycles. The summed E-state index contributed by atoms with van der Waals surface area (Å²) < 4.78 is 0. The molecule has 0 aliphatic heterocycles. The summed E-state index contributed by atoms with van der Waals surface area (Å²) in [5, 5.41) is 19.1. The molecular weight excluding hydrogens is 272 g/mol. The minimum absolute atomic E-state index is 0. The van der Waals surface area contributed by atoms with E-state index in [0.29, 0.717) is 5.56 Å². The van der Waals surface area contributed by atoms with Crippen LogP contribution in [0.15, 0.2) is 36.4 Å². The summed E-state index contributed by atoms with van der Waals surface area (Å²) in [6.07, 6.45) is 0. The van der Waals surface area contributed by atoms with E-state index < -0.39 is 17.3 Å². The molecule has 1 aliphatic rings. The second-order valence-electron chi connectivity index (χ2n) is 4.06. The van der Waals surface area contributed by atoms with Crippen molar-refractivity contribution in [1.29, 1.82) is 0 Å². The van der Waals surface area contributed by atoms with Gasteiger partial charge in [0.1, 0.15) is 0 Å². The van der Waals surface area contributed by atoms with Gasteiger partial charge in [-0.1, -0.05) is 24.3 Å². The van der Waals surface area contributed by atoms with Crippen LogP contribution in [0.1, 0.15) is 31.8 Å². The molecule has 0 radical (unpaired) electrons. The minimum atomic E-state index is -0.541. The van der Waals surface area contributed by atoms with E-state index in [2.05, 4.69) is 0 Å². The van der Waals surface area contributed by atoms with Crippen LogP contribution in [0.25, 0.3) is 0 Å². The van der Waals surface area contributed by atoms with Gasteiger partial charge in [0.25, 0.3) is 0 Å². The zero-order valence-electron chi connectivity index (χ0n) is 9.18. The molecule has 92 valence electrons. The number of carbonyl (C=O) groups is 2. The van der Waals surface area contributed by atoms with Crippen LogP contribution in [0.3, 0.4) is 0 Å². The maximum atomic E-state index is 12.2. The average molecular weight is 282 g/mol. The zero-order valence-corrected chi connectivity index (χ0v) is 9.18. The van der Waals surface area contributed by atoms with Crippen LogP contribution in [-0.4, -0.2) is 59.5 Å². The molecule has 2 aromatic rings. The molecule has 0 saturated carbocycles. The van der Waals surface area contributed by atoms with E-state index in [9.17, 15) is 19.8 Å². The summed E-state index contributed by atoms with van der Waals surface area (Å²) in [6, 6.07) is 8.97. The Bertz CT molecular complexity index is 707. The Morgan fingerprint density at radius 1 is 0.737 bits per heavy atom. The van der Waals surface area contributed by atoms with Gasteiger partial charge < -0.3 is 10.2 Å². The van der Waals surface area contributed by atoms with Gasteiger partial charge in [0, 0.05) is 16.7 Å². The number of ketones is 2. The summed E-state index contributed by atoms with van der Waals surface area (Å²) in [5.74, 6) is -1.72. The Morgan fingerprint density at radius 2 is 1.32 bits per heavy atom. The molecule has 3 rings (SSSR count). The van der Waals surface area contributed by atoms with E-state index in [-0.39, 0.29) is 60.2 Å². The van der Waals surface area contributed by atoms with Crippen molar-refractivity contribution >= 4 is 49.3 Å². The number of rotatable bonds is 0. The summed E-state index contributed by atoms with van der Waals surface area (Å²) in [5.41, 5.74) is 0.559. The Labute approximate surface area is 138 Å². The number of fused-ring (bicyclic) bond motifs is 2. The van der Waals surface area contributed by atoms with Crippen molar-refractivity contribution in [1.82, 2.24) is 0 Å². The van der Waals surface area contributed by atoms with Gasteiger partial charge in [-0.05, 0) is 12.1 Å². The van der Waals surface area contributed by atoms with Crippen molar-refractivity contribution in [3.05, 3.63) is 58.7 Å². The summed E-state index contributed by atoms with van der Waals surface area (Å²) in [4.78, 5) is 24.4. The normalized spacial score (nSPS) is 12.4. The molecule has 0 aromatic heterocycles. The standard InChI is InChI=1S/C14H8O4.Ca.2H/c15-10-6-5-9-11(14(10)18)13(17)8-4-2-1-3-7(8)12(9)16;;;/h1-6,15,18H;;;. The quantitative estimate of drug-likeness (QED) is 0.476. The first kappa shape index (κ1) is 14.1. The first-order valence-electron chi connectivity index (χ1n) is 5.34. The molecular formula is C14H10CaO4. The van der Waals surface area contributed by atoms with E-state index >= 15 is 0 Å². The molecule has 2 aromatic carbocycles. The number of hydrogen-bond donors (Lipinski definition) is 2. The van der Waals surface area contributed by atoms with Gasteiger partial charge in [-0.2, -0.15) is 0 Å². The number of phenols is 2. The molecule has 1 aliphatic carbocycles. The molecule has 0 bridgehead atoms. The van der Waals surface area contributed by atoms with Gasteiger partial charge in [-0.3, -0.25) is 9.59 Å². The van der Waals surface area contributed by atoms with Crippen molar-refractivity contribution < 1.29 is 19.8 Å². The SMILES string of the molecule is O=C1c2ccccc2C(=O)c2c1ccc(O)c2O.[CaH2]. The molecule has 5 heteroatoms. The van der Waals surface area contributed by atoms with Crippen LogP contribution < -0.4 is 0 Å². The number of benzene rings is 2. The zero-order chi connectivity index (χ0) is 12.9. The Morgan fingerprint density at radius 3 is 1.95 bits per heavy atom. The monoisotopic (exact) mass is 282 g/mol. The number of phenolic OH excluding ortho intramolecular Hbond substituents is 2. The number of carbonyl (C=O) groups excluding carboxylic acids is 2. The third-order valence-electron chi connectivity index (χ3n) is 3.04. The van der Waals surface area contributed by atoms with Gasteiger partial charge in [0.05, 0.1) is 5.56 Å².